The minimum atomic E-state index is 0.862. The van der Waals surface area contributed by atoms with Gasteiger partial charge in [0.25, 0.3) is 0 Å². The van der Waals surface area contributed by atoms with Gasteiger partial charge in [0.05, 0.1) is 0 Å². The molecule has 0 bridgehead atoms. The Hall–Kier alpha value is -2.49. The van der Waals surface area contributed by atoms with Gasteiger partial charge in [0.1, 0.15) is 5.82 Å². The Kier molecular flexibility index (Phi) is 3.54. The summed E-state index contributed by atoms with van der Waals surface area (Å²) < 4.78 is 2.04. The van der Waals surface area contributed by atoms with Crippen molar-refractivity contribution in [2.75, 3.05) is 0 Å². The fraction of sp³-hybridized carbons (Fsp3) is 0.188. The summed E-state index contributed by atoms with van der Waals surface area (Å²) in [5, 5.41) is 8.56. The number of pyridine rings is 1. The van der Waals surface area contributed by atoms with Crippen LogP contribution in [0.5, 0.6) is 0 Å². The zero-order chi connectivity index (χ0) is 13.8. The van der Waals surface area contributed by atoms with Gasteiger partial charge in [-0.2, -0.15) is 0 Å². The number of aromatic nitrogens is 4. The predicted octanol–water partition coefficient (Wildman–Crippen LogP) is 2.66. The molecular formula is C16H16N4. The molecule has 0 saturated heterocycles. The van der Waals surface area contributed by atoms with Crippen molar-refractivity contribution in [3.63, 3.8) is 0 Å². The molecule has 2 aromatic heterocycles. The molecule has 0 atom stereocenters. The number of hydrogen-bond acceptors (Lipinski definition) is 3. The van der Waals surface area contributed by atoms with Crippen LogP contribution in [0.1, 0.15) is 11.4 Å². The van der Waals surface area contributed by atoms with Crippen molar-refractivity contribution in [1.82, 2.24) is 19.7 Å². The summed E-state index contributed by atoms with van der Waals surface area (Å²) in [6.07, 6.45) is 5.43. The van der Waals surface area contributed by atoms with Gasteiger partial charge >= 0.3 is 0 Å². The molecule has 0 unspecified atom stereocenters. The predicted molar refractivity (Wildman–Crippen MR) is 78.1 cm³/mol. The van der Waals surface area contributed by atoms with E-state index in [0.29, 0.717) is 0 Å². The summed E-state index contributed by atoms with van der Waals surface area (Å²) in [6, 6.07) is 14.3. The zero-order valence-electron chi connectivity index (χ0n) is 11.4. The molecule has 3 rings (SSSR count). The van der Waals surface area contributed by atoms with E-state index in [1.807, 2.05) is 36.0 Å². The Bertz CT molecular complexity index is 674. The molecule has 0 aliphatic carbocycles. The van der Waals surface area contributed by atoms with Crippen LogP contribution in [0.3, 0.4) is 0 Å². The topological polar surface area (TPSA) is 43.6 Å². The Balaban J connectivity index is 1.78. The Morgan fingerprint density at radius 3 is 2.55 bits per heavy atom. The molecule has 0 fully saturated rings. The van der Waals surface area contributed by atoms with E-state index in [2.05, 4.69) is 39.4 Å². The Morgan fingerprint density at radius 1 is 0.950 bits per heavy atom. The molecule has 0 aliphatic heterocycles. The van der Waals surface area contributed by atoms with Crippen LogP contribution in [0, 0.1) is 0 Å². The van der Waals surface area contributed by atoms with Crippen LogP contribution in [0.15, 0.2) is 54.9 Å². The average molecular weight is 264 g/mol. The maximum Gasteiger partial charge on any atom is 0.165 e. The minimum Gasteiger partial charge on any atom is -0.314 e. The van der Waals surface area contributed by atoms with E-state index < -0.39 is 0 Å². The molecule has 2 heterocycles. The first-order chi connectivity index (χ1) is 9.84. The van der Waals surface area contributed by atoms with Crippen LogP contribution in [-0.4, -0.2) is 19.7 Å². The number of benzene rings is 1. The lowest BCUT2D eigenvalue weighted by Gasteiger charge is -2.04. The molecule has 1 aromatic carbocycles. The van der Waals surface area contributed by atoms with Gasteiger partial charge in [-0.05, 0) is 24.1 Å². The molecule has 3 aromatic rings. The highest BCUT2D eigenvalue weighted by molar-refractivity contribution is 5.53. The molecular weight excluding hydrogens is 248 g/mol. The second-order valence-corrected chi connectivity index (χ2v) is 4.73. The summed E-state index contributed by atoms with van der Waals surface area (Å²) in [4.78, 5) is 4.12. The minimum absolute atomic E-state index is 0.862. The van der Waals surface area contributed by atoms with Crippen LogP contribution in [0.4, 0.5) is 0 Å². The summed E-state index contributed by atoms with van der Waals surface area (Å²) in [5.41, 5.74) is 2.31. The van der Waals surface area contributed by atoms with E-state index in [4.69, 9.17) is 0 Å². The molecule has 0 aliphatic rings. The van der Waals surface area contributed by atoms with Crippen molar-refractivity contribution in [1.29, 1.82) is 0 Å². The summed E-state index contributed by atoms with van der Waals surface area (Å²) in [6.45, 7) is 0. The maximum absolute atomic E-state index is 4.29. The van der Waals surface area contributed by atoms with E-state index in [0.717, 1.165) is 30.1 Å². The lowest BCUT2D eigenvalue weighted by Crippen LogP contribution is -2.02. The fourth-order valence-corrected chi connectivity index (χ4v) is 2.23. The van der Waals surface area contributed by atoms with Crippen molar-refractivity contribution in [3.05, 3.63) is 66.2 Å². The highest BCUT2D eigenvalue weighted by atomic mass is 15.3. The van der Waals surface area contributed by atoms with E-state index in [1.165, 1.54) is 5.56 Å². The van der Waals surface area contributed by atoms with Gasteiger partial charge in [0.2, 0.25) is 0 Å². The van der Waals surface area contributed by atoms with Crippen LogP contribution in [-0.2, 0) is 19.9 Å². The first-order valence-electron chi connectivity index (χ1n) is 6.67. The average Bonchev–Trinajstić information content (AvgIpc) is 2.88. The molecule has 0 amide bonds. The SMILES string of the molecule is Cn1c(CCc2ccccc2)nnc1-c1cccnc1. The van der Waals surface area contributed by atoms with Gasteiger partial charge in [0.15, 0.2) is 5.82 Å². The number of aryl methyl sites for hydroxylation is 2. The van der Waals surface area contributed by atoms with Gasteiger partial charge in [-0.3, -0.25) is 4.98 Å². The van der Waals surface area contributed by atoms with E-state index in [1.54, 1.807) is 6.20 Å². The first-order valence-corrected chi connectivity index (χ1v) is 6.67. The third-order valence-corrected chi connectivity index (χ3v) is 3.36. The quantitative estimate of drug-likeness (QED) is 0.727. The third kappa shape index (κ3) is 2.59. The monoisotopic (exact) mass is 264 g/mol. The number of rotatable bonds is 4. The number of nitrogens with zero attached hydrogens (tertiary/aromatic N) is 4. The van der Waals surface area contributed by atoms with E-state index in [-0.39, 0.29) is 0 Å². The Morgan fingerprint density at radius 2 is 1.80 bits per heavy atom. The Labute approximate surface area is 118 Å². The zero-order valence-corrected chi connectivity index (χ0v) is 11.4. The first kappa shape index (κ1) is 12.5. The lowest BCUT2D eigenvalue weighted by molar-refractivity contribution is 0.773. The van der Waals surface area contributed by atoms with Crippen LogP contribution >= 0.6 is 0 Å². The van der Waals surface area contributed by atoms with Crippen molar-refractivity contribution >= 4 is 0 Å². The summed E-state index contributed by atoms with van der Waals surface area (Å²) >= 11 is 0. The molecule has 4 nitrogen and oxygen atoms in total. The van der Waals surface area contributed by atoms with E-state index >= 15 is 0 Å². The molecule has 0 saturated carbocycles. The van der Waals surface area contributed by atoms with Crippen LogP contribution in [0.2, 0.25) is 0 Å². The van der Waals surface area contributed by atoms with Gasteiger partial charge < -0.3 is 4.57 Å². The van der Waals surface area contributed by atoms with Gasteiger partial charge in [-0.1, -0.05) is 30.3 Å². The largest absolute Gasteiger partial charge is 0.314 e. The second-order valence-electron chi connectivity index (χ2n) is 4.73. The van der Waals surface area contributed by atoms with Crippen molar-refractivity contribution in [2.24, 2.45) is 7.05 Å². The van der Waals surface area contributed by atoms with E-state index in [9.17, 15) is 0 Å². The molecule has 100 valence electrons. The highest BCUT2D eigenvalue weighted by Gasteiger charge is 2.10. The standard InChI is InChI=1S/C16H16N4/c1-20-15(10-9-13-6-3-2-4-7-13)18-19-16(20)14-8-5-11-17-12-14/h2-8,11-12H,9-10H2,1H3. The normalized spacial score (nSPS) is 10.7. The smallest absolute Gasteiger partial charge is 0.165 e. The maximum atomic E-state index is 4.29. The fourth-order valence-electron chi connectivity index (χ4n) is 2.23. The molecule has 0 radical (unpaired) electrons. The van der Waals surface area contributed by atoms with Gasteiger partial charge in [-0.15, -0.1) is 10.2 Å². The van der Waals surface area contributed by atoms with Crippen molar-refractivity contribution in [2.45, 2.75) is 12.8 Å². The summed E-state index contributed by atoms with van der Waals surface area (Å²) in [7, 11) is 2.00. The van der Waals surface area contributed by atoms with Crippen molar-refractivity contribution < 1.29 is 0 Å². The van der Waals surface area contributed by atoms with Crippen LogP contribution < -0.4 is 0 Å². The van der Waals surface area contributed by atoms with Gasteiger partial charge in [-0.25, -0.2) is 0 Å². The molecule has 20 heavy (non-hydrogen) atoms. The summed E-state index contributed by atoms with van der Waals surface area (Å²) in [5.74, 6) is 1.86. The molecule has 0 spiro atoms. The third-order valence-electron chi connectivity index (χ3n) is 3.36. The lowest BCUT2D eigenvalue weighted by atomic mass is 10.1. The highest BCUT2D eigenvalue weighted by Crippen LogP contribution is 2.16. The molecule has 4 heteroatoms. The second kappa shape index (κ2) is 5.65. The molecule has 0 N–H and O–H groups in total. The van der Waals surface area contributed by atoms with Gasteiger partial charge in [0, 0.05) is 31.4 Å². The van der Waals surface area contributed by atoms with Crippen LogP contribution in [0.25, 0.3) is 11.4 Å². The van der Waals surface area contributed by atoms with Crippen molar-refractivity contribution in [3.8, 4) is 11.4 Å². The number of hydrogen-bond donors (Lipinski definition) is 0.